The van der Waals surface area contributed by atoms with Gasteiger partial charge in [-0.15, -0.1) is 0 Å². The summed E-state index contributed by atoms with van der Waals surface area (Å²) in [6, 6.07) is 17.6. The summed E-state index contributed by atoms with van der Waals surface area (Å²) in [4.78, 5) is 23.7. The summed E-state index contributed by atoms with van der Waals surface area (Å²) in [7, 11) is 0. The fourth-order valence-corrected chi connectivity index (χ4v) is 3.19. The van der Waals surface area contributed by atoms with Gasteiger partial charge in [-0.2, -0.15) is 0 Å². The molecule has 2 aromatic carbocycles. The smallest absolute Gasteiger partial charge is 0.306 e. The number of aliphatic hydroxyl groups excluding tert-OH is 1. The van der Waals surface area contributed by atoms with Crippen LogP contribution in [0.15, 0.2) is 66.6 Å². The number of carbonyl (C=O) groups is 2. The molecule has 3 rings (SSSR count). The van der Waals surface area contributed by atoms with Crippen LogP contribution in [0.1, 0.15) is 18.9 Å². The number of nitrogens with one attached hydrogen (secondary N) is 2. The third-order valence-corrected chi connectivity index (χ3v) is 4.78. The Kier molecular flexibility index (Phi) is 6.51. The molecule has 1 heterocycles. The second-order valence-electron chi connectivity index (χ2n) is 7.08. The van der Waals surface area contributed by atoms with Crippen molar-refractivity contribution >= 4 is 11.9 Å². The number of carboxylic acids is 1. The number of rotatable bonds is 8. The number of hydrogen-bond donors (Lipinski definition) is 4. The molecule has 7 heteroatoms. The van der Waals surface area contributed by atoms with Gasteiger partial charge in [0, 0.05) is 6.04 Å². The lowest BCUT2D eigenvalue weighted by molar-refractivity contribution is -0.141. The number of aliphatic carboxylic acids is 1. The fraction of sp³-hybridized carbons (Fsp3) is 0.273. The van der Waals surface area contributed by atoms with Crippen molar-refractivity contribution in [3.63, 3.8) is 0 Å². The van der Waals surface area contributed by atoms with Gasteiger partial charge >= 0.3 is 5.97 Å². The molecule has 0 aromatic heterocycles. The summed E-state index contributed by atoms with van der Waals surface area (Å²) in [6.45, 7) is 1.61. The maximum absolute atomic E-state index is 12.4. The predicted octanol–water partition coefficient (Wildman–Crippen LogP) is 2.23. The minimum Gasteiger partial charge on any atom is -0.481 e. The molecular formula is C22H24N2O5. The van der Waals surface area contributed by atoms with E-state index in [1.165, 1.54) is 0 Å². The predicted molar refractivity (Wildman–Crippen MR) is 107 cm³/mol. The molecule has 0 aliphatic carbocycles. The van der Waals surface area contributed by atoms with Crippen molar-refractivity contribution in [1.29, 1.82) is 0 Å². The van der Waals surface area contributed by atoms with Crippen LogP contribution in [0.4, 0.5) is 0 Å². The van der Waals surface area contributed by atoms with E-state index in [2.05, 4.69) is 10.6 Å². The summed E-state index contributed by atoms with van der Waals surface area (Å²) in [5.41, 5.74) is 3.28. The Hall–Kier alpha value is -3.32. The molecule has 0 fully saturated rings. The number of carboxylic acid groups (broad SMARTS) is 1. The molecule has 1 unspecified atom stereocenters. The molecule has 29 heavy (non-hydrogen) atoms. The molecule has 0 saturated carbocycles. The number of amides is 1. The number of ether oxygens (including phenoxy) is 1. The highest BCUT2D eigenvalue weighted by Gasteiger charge is 2.25. The summed E-state index contributed by atoms with van der Waals surface area (Å²) in [5, 5.41) is 23.9. The Morgan fingerprint density at radius 2 is 1.76 bits per heavy atom. The van der Waals surface area contributed by atoms with E-state index in [4.69, 9.17) is 4.74 Å². The van der Waals surface area contributed by atoms with E-state index in [1.807, 2.05) is 54.6 Å². The van der Waals surface area contributed by atoms with Crippen LogP contribution < -0.4 is 10.6 Å². The first-order chi connectivity index (χ1) is 13.9. The van der Waals surface area contributed by atoms with Gasteiger partial charge in [0.25, 0.3) is 12.3 Å². The Labute approximate surface area is 169 Å². The average molecular weight is 396 g/mol. The minimum atomic E-state index is -1.25. The number of carbonyl (C=O) groups excluding carboxylic acids is 1. The Balaban J connectivity index is 1.70. The van der Waals surface area contributed by atoms with Gasteiger partial charge in [-0.3, -0.25) is 9.59 Å². The molecule has 0 radical (unpaired) electrons. The lowest BCUT2D eigenvalue weighted by Gasteiger charge is -2.21. The molecule has 7 nitrogen and oxygen atoms in total. The van der Waals surface area contributed by atoms with Crippen LogP contribution in [0.25, 0.3) is 11.1 Å². The van der Waals surface area contributed by atoms with Crippen molar-refractivity contribution in [2.45, 2.75) is 32.2 Å². The number of aliphatic hydroxyl groups is 1. The van der Waals surface area contributed by atoms with Crippen molar-refractivity contribution in [3.8, 4) is 11.1 Å². The van der Waals surface area contributed by atoms with Gasteiger partial charge in [-0.25, -0.2) is 0 Å². The second kappa shape index (κ2) is 9.25. The molecule has 2 aromatic rings. The monoisotopic (exact) mass is 396 g/mol. The quantitative estimate of drug-likeness (QED) is 0.545. The van der Waals surface area contributed by atoms with Crippen molar-refractivity contribution in [3.05, 3.63) is 72.1 Å². The molecule has 0 bridgehead atoms. The van der Waals surface area contributed by atoms with E-state index < -0.39 is 30.3 Å². The lowest BCUT2D eigenvalue weighted by Crippen LogP contribution is -2.42. The molecule has 1 aliphatic rings. The SMILES string of the molecule is C[C@H](C[C@@H](Cc1ccc(-c2ccccc2)cc1)NC(=O)C1=COC(O)N1)C(=O)O. The van der Waals surface area contributed by atoms with Gasteiger partial charge in [0.1, 0.15) is 12.0 Å². The van der Waals surface area contributed by atoms with Crippen molar-refractivity contribution < 1.29 is 24.5 Å². The molecule has 4 N–H and O–H groups in total. The highest BCUT2D eigenvalue weighted by Crippen LogP contribution is 2.21. The zero-order valence-corrected chi connectivity index (χ0v) is 16.0. The first-order valence-electron chi connectivity index (χ1n) is 9.40. The summed E-state index contributed by atoms with van der Waals surface area (Å²) < 4.78 is 4.79. The zero-order chi connectivity index (χ0) is 20.8. The van der Waals surface area contributed by atoms with Gasteiger partial charge in [0.05, 0.1) is 5.92 Å². The van der Waals surface area contributed by atoms with Gasteiger partial charge in [-0.1, -0.05) is 61.5 Å². The third-order valence-electron chi connectivity index (χ3n) is 4.78. The average Bonchev–Trinajstić information content (AvgIpc) is 3.15. The van der Waals surface area contributed by atoms with E-state index in [-0.39, 0.29) is 12.1 Å². The Morgan fingerprint density at radius 1 is 1.10 bits per heavy atom. The first-order valence-corrected chi connectivity index (χ1v) is 9.40. The van der Waals surface area contributed by atoms with Crippen LogP contribution in [0.2, 0.25) is 0 Å². The van der Waals surface area contributed by atoms with Gasteiger partial charge < -0.3 is 25.6 Å². The fourth-order valence-electron chi connectivity index (χ4n) is 3.19. The molecule has 1 aliphatic heterocycles. The highest BCUT2D eigenvalue weighted by atomic mass is 16.6. The van der Waals surface area contributed by atoms with E-state index in [9.17, 15) is 19.8 Å². The van der Waals surface area contributed by atoms with Gasteiger partial charge in [0.2, 0.25) is 0 Å². The highest BCUT2D eigenvalue weighted by molar-refractivity contribution is 5.93. The number of hydrogen-bond acceptors (Lipinski definition) is 5. The van der Waals surface area contributed by atoms with Crippen LogP contribution in [0.5, 0.6) is 0 Å². The molecule has 1 amide bonds. The lowest BCUT2D eigenvalue weighted by atomic mass is 9.95. The van der Waals surface area contributed by atoms with Crippen molar-refractivity contribution in [1.82, 2.24) is 10.6 Å². The molecular weight excluding hydrogens is 372 g/mol. The number of benzene rings is 2. The molecule has 0 spiro atoms. The minimum absolute atomic E-state index is 0.102. The molecule has 0 saturated heterocycles. The molecule has 152 valence electrons. The maximum atomic E-state index is 12.4. The zero-order valence-electron chi connectivity index (χ0n) is 16.0. The summed E-state index contributed by atoms with van der Waals surface area (Å²) in [6.07, 6.45) is 0.650. The molecule has 3 atom stereocenters. The van der Waals surface area contributed by atoms with E-state index >= 15 is 0 Å². The maximum Gasteiger partial charge on any atom is 0.306 e. The summed E-state index contributed by atoms with van der Waals surface area (Å²) in [5.74, 6) is -1.98. The normalized spacial score (nSPS) is 17.4. The standard InChI is InChI=1S/C22H24N2O5/c1-14(21(26)27)11-18(23-20(25)19-13-29-22(28)24-19)12-15-7-9-17(10-8-15)16-5-3-2-4-6-16/h2-10,13-14,18,22,24,28H,11-12H2,1H3,(H,23,25)(H,26,27)/t14-,18+,22?/m1/s1. The van der Waals surface area contributed by atoms with E-state index in [1.54, 1.807) is 6.92 Å². The van der Waals surface area contributed by atoms with Crippen LogP contribution >= 0.6 is 0 Å². The van der Waals surface area contributed by atoms with Crippen LogP contribution in [0.3, 0.4) is 0 Å². The van der Waals surface area contributed by atoms with E-state index in [0.29, 0.717) is 6.42 Å². The third kappa shape index (κ3) is 5.58. The Morgan fingerprint density at radius 3 is 2.34 bits per heavy atom. The van der Waals surface area contributed by atoms with Crippen LogP contribution in [0, 0.1) is 5.92 Å². The van der Waals surface area contributed by atoms with Crippen molar-refractivity contribution in [2.75, 3.05) is 0 Å². The first kappa shape index (κ1) is 20.4. The van der Waals surface area contributed by atoms with Crippen LogP contribution in [-0.4, -0.2) is 34.5 Å². The second-order valence-corrected chi connectivity index (χ2v) is 7.08. The van der Waals surface area contributed by atoms with E-state index in [0.717, 1.165) is 23.0 Å². The summed E-state index contributed by atoms with van der Waals surface area (Å²) >= 11 is 0. The van der Waals surface area contributed by atoms with Gasteiger partial charge in [-0.05, 0) is 29.5 Å². The topological polar surface area (TPSA) is 108 Å². The Bertz CT molecular complexity index is 880. The largest absolute Gasteiger partial charge is 0.481 e. The van der Waals surface area contributed by atoms with Crippen molar-refractivity contribution in [2.24, 2.45) is 5.92 Å². The van der Waals surface area contributed by atoms with Crippen LogP contribution in [-0.2, 0) is 20.7 Å². The van der Waals surface area contributed by atoms with Gasteiger partial charge in [0.15, 0.2) is 0 Å².